The van der Waals surface area contributed by atoms with Crippen LogP contribution in [0.1, 0.15) is 27.0 Å². The minimum absolute atomic E-state index is 0.0181. The van der Waals surface area contributed by atoms with Crippen molar-refractivity contribution < 1.29 is 23.6 Å². The minimum Gasteiger partial charge on any atom is -0.320 e. The summed E-state index contributed by atoms with van der Waals surface area (Å²) in [6.45, 7) is -0.493. The van der Waals surface area contributed by atoms with Crippen LogP contribution in [0.15, 0.2) is 28.1 Å². The average molecular weight is 456 g/mol. The Balaban J connectivity index is 2.00. The Bertz CT molecular complexity index is 962. The molecule has 27 heavy (non-hydrogen) atoms. The standard InChI is InChI=1S/C17H12BrF2N3O3S/c18-10-6-13(27-8-10)16-22(7-14(24)23(16)26)17(25)15-11(19)4-9(2-1-3-21)5-12(15)20/h4-6,8,16,26H,3,7,21H2. The molecule has 1 fully saturated rings. The van der Waals surface area contributed by atoms with Crippen LogP contribution in [0.3, 0.4) is 0 Å². The zero-order chi connectivity index (χ0) is 19.7. The van der Waals surface area contributed by atoms with Crippen LogP contribution in [0.5, 0.6) is 0 Å². The Kier molecular flexibility index (Phi) is 5.57. The first kappa shape index (κ1) is 19.4. The van der Waals surface area contributed by atoms with Crippen LogP contribution in [0.2, 0.25) is 0 Å². The molecule has 0 spiro atoms. The summed E-state index contributed by atoms with van der Waals surface area (Å²) in [5.74, 6) is 0.912. The van der Waals surface area contributed by atoms with E-state index in [-0.39, 0.29) is 12.1 Å². The molecule has 3 N–H and O–H groups in total. The molecule has 1 aliphatic rings. The predicted molar refractivity (Wildman–Crippen MR) is 96.7 cm³/mol. The number of hydroxylamine groups is 2. The maximum absolute atomic E-state index is 14.4. The lowest BCUT2D eigenvalue weighted by Gasteiger charge is -2.25. The molecule has 1 aromatic heterocycles. The van der Waals surface area contributed by atoms with Crippen molar-refractivity contribution in [2.75, 3.05) is 13.1 Å². The molecule has 1 atom stereocenters. The zero-order valence-electron chi connectivity index (χ0n) is 13.6. The Morgan fingerprint density at radius 2 is 2.04 bits per heavy atom. The molecule has 0 radical (unpaired) electrons. The monoisotopic (exact) mass is 455 g/mol. The Morgan fingerprint density at radius 3 is 2.59 bits per heavy atom. The van der Waals surface area contributed by atoms with Gasteiger partial charge in [-0.15, -0.1) is 11.3 Å². The van der Waals surface area contributed by atoms with Crippen molar-refractivity contribution in [1.82, 2.24) is 9.96 Å². The molecule has 1 aliphatic heterocycles. The molecule has 0 bridgehead atoms. The second-order valence-electron chi connectivity index (χ2n) is 5.53. The fourth-order valence-electron chi connectivity index (χ4n) is 2.64. The molecule has 2 heterocycles. The fraction of sp³-hybridized carbons (Fsp3) is 0.176. The van der Waals surface area contributed by atoms with E-state index in [1.54, 1.807) is 11.4 Å². The van der Waals surface area contributed by atoms with Gasteiger partial charge in [-0.1, -0.05) is 11.8 Å². The van der Waals surface area contributed by atoms with Crippen molar-refractivity contribution in [2.24, 2.45) is 5.73 Å². The topological polar surface area (TPSA) is 86.9 Å². The van der Waals surface area contributed by atoms with Gasteiger partial charge in [0.15, 0.2) is 6.17 Å². The number of nitrogens with zero attached hydrogens (tertiary/aromatic N) is 2. The molecule has 1 unspecified atom stereocenters. The van der Waals surface area contributed by atoms with Crippen LogP contribution < -0.4 is 5.73 Å². The quantitative estimate of drug-likeness (QED) is 0.537. The van der Waals surface area contributed by atoms with Crippen molar-refractivity contribution >= 4 is 39.1 Å². The van der Waals surface area contributed by atoms with Gasteiger partial charge < -0.3 is 10.6 Å². The molecule has 2 amide bonds. The van der Waals surface area contributed by atoms with Gasteiger partial charge in [-0.05, 0) is 34.1 Å². The highest BCUT2D eigenvalue weighted by atomic mass is 79.9. The van der Waals surface area contributed by atoms with Crippen molar-refractivity contribution in [2.45, 2.75) is 6.17 Å². The van der Waals surface area contributed by atoms with Crippen molar-refractivity contribution in [3.05, 3.63) is 55.7 Å². The lowest BCUT2D eigenvalue weighted by Crippen LogP contribution is -2.35. The van der Waals surface area contributed by atoms with Gasteiger partial charge in [0.25, 0.3) is 11.8 Å². The molecular formula is C17H12BrF2N3O3S. The van der Waals surface area contributed by atoms with Gasteiger partial charge in [0, 0.05) is 15.4 Å². The second-order valence-corrected chi connectivity index (χ2v) is 7.39. The lowest BCUT2D eigenvalue weighted by atomic mass is 10.1. The van der Waals surface area contributed by atoms with E-state index >= 15 is 0 Å². The van der Waals surface area contributed by atoms with E-state index in [2.05, 4.69) is 27.8 Å². The highest BCUT2D eigenvalue weighted by Gasteiger charge is 2.43. The first-order valence-electron chi connectivity index (χ1n) is 7.57. The highest BCUT2D eigenvalue weighted by molar-refractivity contribution is 9.10. The largest absolute Gasteiger partial charge is 0.320 e. The Hall–Kier alpha value is -2.32. The number of nitrogens with two attached hydrogens (primary N) is 1. The molecule has 140 valence electrons. The molecule has 1 saturated heterocycles. The van der Waals surface area contributed by atoms with Gasteiger partial charge in [0.2, 0.25) is 0 Å². The number of benzene rings is 1. The SMILES string of the molecule is NCC#Cc1cc(F)c(C(=O)N2CC(=O)N(O)C2c2cc(Br)cs2)c(F)c1. The number of carbonyl (C=O) groups is 2. The smallest absolute Gasteiger partial charge is 0.268 e. The van der Waals surface area contributed by atoms with E-state index in [1.807, 2.05) is 0 Å². The molecule has 0 aliphatic carbocycles. The summed E-state index contributed by atoms with van der Waals surface area (Å²) in [6, 6.07) is 3.45. The van der Waals surface area contributed by atoms with E-state index in [1.165, 1.54) is 11.3 Å². The summed E-state index contributed by atoms with van der Waals surface area (Å²) in [5.41, 5.74) is 4.44. The summed E-state index contributed by atoms with van der Waals surface area (Å²) in [4.78, 5) is 26.1. The first-order valence-corrected chi connectivity index (χ1v) is 9.24. The normalized spacial score (nSPS) is 16.5. The van der Waals surface area contributed by atoms with E-state index in [0.29, 0.717) is 14.4 Å². The molecule has 1 aromatic carbocycles. The van der Waals surface area contributed by atoms with E-state index in [9.17, 15) is 23.6 Å². The van der Waals surface area contributed by atoms with E-state index < -0.39 is 41.7 Å². The number of thiophene rings is 1. The van der Waals surface area contributed by atoms with Crippen molar-refractivity contribution in [3.8, 4) is 11.8 Å². The van der Waals surface area contributed by atoms with E-state index in [4.69, 9.17) is 5.73 Å². The lowest BCUT2D eigenvalue weighted by molar-refractivity contribution is -0.168. The van der Waals surface area contributed by atoms with Crippen LogP contribution in [-0.4, -0.2) is 40.1 Å². The van der Waals surface area contributed by atoms with Gasteiger partial charge in [-0.2, -0.15) is 5.06 Å². The van der Waals surface area contributed by atoms with Crippen LogP contribution in [0.4, 0.5) is 8.78 Å². The Labute approximate surface area is 165 Å². The predicted octanol–water partition coefficient (Wildman–Crippen LogP) is 2.47. The fourth-order valence-corrected chi connectivity index (χ4v) is 4.18. The number of hydrogen-bond acceptors (Lipinski definition) is 5. The molecule has 6 nitrogen and oxygen atoms in total. The Morgan fingerprint density at radius 1 is 1.37 bits per heavy atom. The van der Waals surface area contributed by atoms with Gasteiger partial charge in [-0.25, -0.2) is 8.78 Å². The van der Waals surface area contributed by atoms with Crippen molar-refractivity contribution in [3.63, 3.8) is 0 Å². The summed E-state index contributed by atoms with van der Waals surface area (Å²) >= 11 is 4.42. The summed E-state index contributed by atoms with van der Waals surface area (Å²) in [6.07, 6.45) is -1.17. The number of amides is 2. The number of carbonyl (C=O) groups excluding carboxylic acids is 2. The zero-order valence-corrected chi connectivity index (χ0v) is 16.0. The number of rotatable bonds is 2. The maximum atomic E-state index is 14.4. The molecule has 0 saturated carbocycles. The maximum Gasteiger partial charge on any atom is 0.268 e. The van der Waals surface area contributed by atoms with Crippen LogP contribution in [0.25, 0.3) is 0 Å². The molecule has 2 aromatic rings. The third-order valence-electron chi connectivity index (χ3n) is 3.78. The number of halogens is 3. The molecular weight excluding hydrogens is 444 g/mol. The first-order chi connectivity index (χ1) is 12.8. The summed E-state index contributed by atoms with van der Waals surface area (Å²) in [5, 5.41) is 12.1. The van der Waals surface area contributed by atoms with Crippen LogP contribution >= 0.6 is 27.3 Å². The van der Waals surface area contributed by atoms with Crippen LogP contribution in [0, 0.1) is 23.5 Å². The number of hydrogen-bond donors (Lipinski definition) is 2. The summed E-state index contributed by atoms with van der Waals surface area (Å²) in [7, 11) is 0. The average Bonchev–Trinajstić information content (AvgIpc) is 3.16. The van der Waals surface area contributed by atoms with Gasteiger partial charge in [-0.3, -0.25) is 14.8 Å². The molecule has 3 rings (SSSR count). The van der Waals surface area contributed by atoms with Crippen LogP contribution in [-0.2, 0) is 4.79 Å². The molecule has 10 heteroatoms. The van der Waals surface area contributed by atoms with E-state index in [0.717, 1.165) is 17.0 Å². The third-order valence-corrected chi connectivity index (χ3v) is 5.52. The minimum atomic E-state index is -1.17. The third kappa shape index (κ3) is 3.72. The van der Waals surface area contributed by atoms with Gasteiger partial charge in [0.05, 0.1) is 11.4 Å². The second kappa shape index (κ2) is 7.74. The van der Waals surface area contributed by atoms with Gasteiger partial charge >= 0.3 is 0 Å². The highest BCUT2D eigenvalue weighted by Crippen LogP contribution is 2.36. The summed E-state index contributed by atoms with van der Waals surface area (Å²) < 4.78 is 29.5. The van der Waals surface area contributed by atoms with Crippen molar-refractivity contribution in [1.29, 1.82) is 0 Å². The van der Waals surface area contributed by atoms with Gasteiger partial charge in [0.1, 0.15) is 23.7 Å².